The maximum atomic E-state index is 12.7. The van der Waals surface area contributed by atoms with Crippen molar-refractivity contribution in [1.29, 1.82) is 0 Å². The van der Waals surface area contributed by atoms with Crippen molar-refractivity contribution in [2.75, 3.05) is 19.8 Å². The normalized spacial score (nSPS) is 21.0. The Morgan fingerprint density at radius 1 is 0.561 bits per heavy atom. The molecule has 0 aromatic heterocycles. The van der Waals surface area contributed by atoms with E-state index in [-0.39, 0.29) is 26.1 Å². The molecule has 0 radical (unpaired) electrons. The summed E-state index contributed by atoms with van der Waals surface area (Å²) in [5, 5.41) is 40.0. The average Bonchev–Trinajstić information content (AvgIpc) is 3.21. The van der Waals surface area contributed by atoms with Gasteiger partial charge in [-0.1, -0.05) is 157 Å². The van der Waals surface area contributed by atoms with Gasteiger partial charge in [0.2, 0.25) is 0 Å². The molecule has 3 unspecified atom stereocenters. The fraction of sp³-hybridized carbons (Fsp3) is 0.702. The topological polar surface area (TPSA) is 152 Å². The van der Waals surface area contributed by atoms with E-state index in [1.54, 1.807) is 0 Å². The number of aliphatic hydroxyl groups is 4. The maximum absolute atomic E-state index is 12.7. The van der Waals surface area contributed by atoms with Gasteiger partial charge in [-0.3, -0.25) is 9.59 Å². The molecule has 1 fully saturated rings. The molecule has 0 saturated carbocycles. The minimum atomic E-state index is -1.61. The van der Waals surface area contributed by atoms with Crippen LogP contribution in [-0.4, -0.2) is 89.0 Å². The lowest BCUT2D eigenvalue weighted by Crippen LogP contribution is -2.59. The molecule has 1 rings (SSSR count). The van der Waals surface area contributed by atoms with Gasteiger partial charge in [0.05, 0.1) is 13.2 Å². The third kappa shape index (κ3) is 29.1. The summed E-state index contributed by atoms with van der Waals surface area (Å²) in [6.45, 7) is 3.19. The first-order valence-electron chi connectivity index (χ1n) is 22.1. The SMILES string of the molecule is CC/C=C/C=C/C=C/C=C/CCCCCC(=O)OC(COC(=O)CCCCCCCCCCCC/C=C/C=C/CCCCC)CO[C@H]1O[C@@H](CO)[C@@H](O)C(O)C1O. The van der Waals surface area contributed by atoms with Crippen LogP contribution in [0.2, 0.25) is 0 Å². The van der Waals surface area contributed by atoms with Crippen LogP contribution in [0.3, 0.4) is 0 Å². The standard InChI is InChI=1S/C47H78O10/c1-3-5-7-9-11-13-15-17-18-19-20-21-22-24-25-27-29-31-33-35-42(49)54-38-40(39-55-47-46(53)45(52)44(51)41(37-48)57-47)56-43(50)36-34-32-30-28-26-23-16-14-12-10-8-6-4-2/h6,8,10-17,23,26,40-41,44-48,51-53H,3-5,7,9,18-22,24-25,27-39H2,1-2H3/b8-6+,12-10+,13-11+,16-14+,17-15+,26-23+/t40?,41-,44+,45?,46?,47-/m0/s1. The van der Waals surface area contributed by atoms with E-state index < -0.39 is 55.4 Å². The Hall–Kier alpha value is -2.86. The van der Waals surface area contributed by atoms with Gasteiger partial charge in [-0.2, -0.15) is 0 Å². The van der Waals surface area contributed by atoms with Crippen molar-refractivity contribution in [3.05, 3.63) is 72.9 Å². The molecule has 57 heavy (non-hydrogen) atoms. The molecule has 10 heteroatoms. The fourth-order valence-corrected chi connectivity index (χ4v) is 6.19. The van der Waals surface area contributed by atoms with Crippen molar-refractivity contribution in [3.8, 4) is 0 Å². The average molecular weight is 803 g/mol. The number of carbonyl (C=O) groups is 2. The number of hydrogen-bond donors (Lipinski definition) is 4. The second-order valence-electron chi connectivity index (χ2n) is 14.9. The smallest absolute Gasteiger partial charge is 0.306 e. The molecule has 6 atom stereocenters. The molecule has 1 saturated heterocycles. The molecule has 10 nitrogen and oxygen atoms in total. The van der Waals surface area contributed by atoms with Crippen molar-refractivity contribution in [3.63, 3.8) is 0 Å². The van der Waals surface area contributed by atoms with Gasteiger partial charge in [0, 0.05) is 12.8 Å². The first-order valence-corrected chi connectivity index (χ1v) is 22.1. The van der Waals surface area contributed by atoms with Crippen LogP contribution in [0.15, 0.2) is 72.9 Å². The first kappa shape index (κ1) is 52.2. The highest BCUT2D eigenvalue weighted by molar-refractivity contribution is 5.70. The number of hydrogen-bond acceptors (Lipinski definition) is 10. The summed E-state index contributed by atoms with van der Waals surface area (Å²) >= 11 is 0. The molecule has 0 bridgehead atoms. The van der Waals surface area contributed by atoms with Crippen molar-refractivity contribution < 1.29 is 49.0 Å². The molecule has 1 aliphatic heterocycles. The predicted octanol–water partition coefficient (Wildman–Crippen LogP) is 9.22. The van der Waals surface area contributed by atoms with Crippen LogP contribution in [0.5, 0.6) is 0 Å². The van der Waals surface area contributed by atoms with Gasteiger partial charge in [0.25, 0.3) is 0 Å². The van der Waals surface area contributed by atoms with Gasteiger partial charge in [-0.15, -0.1) is 0 Å². The monoisotopic (exact) mass is 803 g/mol. The Labute approximate surface area is 344 Å². The van der Waals surface area contributed by atoms with E-state index in [9.17, 15) is 30.0 Å². The zero-order valence-corrected chi connectivity index (χ0v) is 35.3. The van der Waals surface area contributed by atoms with Gasteiger partial charge in [0.1, 0.15) is 31.0 Å². The number of esters is 2. The molecule has 1 heterocycles. The first-order chi connectivity index (χ1) is 27.8. The summed E-state index contributed by atoms with van der Waals surface area (Å²) in [7, 11) is 0. The Balaban J connectivity index is 2.34. The molecular formula is C47H78O10. The molecule has 0 spiro atoms. The van der Waals surface area contributed by atoms with Crippen LogP contribution in [0.1, 0.15) is 155 Å². The fourth-order valence-electron chi connectivity index (χ4n) is 6.19. The molecular weight excluding hydrogens is 725 g/mol. The van der Waals surface area contributed by atoms with Crippen LogP contribution in [-0.2, 0) is 28.5 Å². The Kier molecular flexibility index (Phi) is 34.2. The van der Waals surface area contributed by atoms with Gasteiger partial charge < -0.3 is 39.4 Å². The van der Waals surface area contributed by atoms with Gasteiger partial charge in [-0.05, 0) is 57.8 Å². The summed E-state index contributed by atoms with van der Waals surface area (Å²) in [5.74, 6) is -0.863. The Bertz CT molecular complexity index is 1160. The third-order valence-electron chi connectivity index (χ3n) is 9.70. The quantitative estimate of drug-likeness (QED) is 0.0277. The number of rotatable bonds is 35. The summed E-state index contributed by atoms with van der Waals surface area (Å²) < 4.78 is 22.1. The summed E-state index contributed by atoms with van der Waals surface area (Å²) in [6, 6.07) is 0. The molecule has 1 aliphatic rings. The number of carbonyl (C=O) groups excluding carboxylic acids is 2. The van der Waals surface area contributed by atoms with E-state index in [0.717, 1.165) is 51.4 Å². The van der Waals surface area contributed by atoms with E-state index in [1.165, 1.54) is 64.2 Å². The lowest BCUT2D eigenvalue weighted by Gasteiger charge is -2.39. The zero-order valence-electron chi connectivity index (χ0n) is 35.3. The summed E-state index contributed by atoms with van der Waals surface area (Å²) in [5.41, 5.74) is 0. The molecule has 0 aromatic rings. The van der Waals surface area contributed by atoms with E-state index >= 15 is 0 Å². The zero-order chi connectivity index (χ0) is 41.6. The van der Waals surface area contributed by atoms with Crippen molar-refractivity contribution in [2.45, 2.75) is 192 Å². The maximum Gasteiger partial charge on any atom is 0.306 e. The van der Waals surface area contributed by atoms with Crippen LogP contribution in [0.4, 0.5) is 0 Å². The molecule has 4 N–H and O–H groups in total. The van der Waals surface area contributed by atoms with Crippen molar-refractivity contribution in [1.82, 2.24) is 0 Å². The highest BCUT2D eigenvalue weighted by atomic mass is 16.7. The minimum Gasteiger partial charge on any atom is -0.462 e. The van der Waals surface area contributed by atoms with Gasteiger partial charge in [0.15, 0.2) is 12.4 Å². The van der Waals surface area contributed by atoms with Crippen LogP contribution >= 0.6 is 0 Å². The molecule has 0 aliphatic carbocycles. The van der Waals surface area contributed by atoms with Crippen LogP contribution in [0.25, 0.3) is 0 Å². The number of unbranched alkanes of at least 4 members (excludes halogenated alkanes) is 16. The second-order valence-corrected chi connectivity index (χ2v) is 14.9. The lowest BCUT2D eigenvalue weighted by molar-refractivity contribution is -0.305. The van der Waals surface area contributed by atoms with Crippen LogP contribution < -0.4 is 0 Å². The molecule has 0 amide bonds. The largest absolute Gasteiger partial charge is 0.462 e. The Morgan fingerprint density at radius 2 is 1.04 bits per heavy atom. The van der Waals surface area contributed by atoms with Gasteiger partial charge in [-0.25, -0.2) is 0 Å². The van der Waals surface area contributed by atoms with E-state index in [4.69, 9.17) is 18.9 Å². The molecule has 0 aromatic carbocycles. The number of aliphatic hydroxyl groups excluding tert-OH is 4. The molecule has 326 valence electrons. The third-order valence-corrected chi connectivity index (χ3v) is 9.70. The van der Waals surface area contributed by atoms with E-state index in [0.29, 0.717) is 12.8 Å². The highest BCUT2D eigenvalue weighted by Gasteiger charge is 2.44. The van der Waals surface area contributed by atoms with E-state index in [2.05, 4.69) is 50.3 Å². The van der Waals surface area contributed by atoms with Crippen LogP contribution in [0, 0.1) is 0 Å². The van der Waals surface area contributed by atoms with Crippen molar-refractivity contribution >= 4 is 11.9 Å². The summed E-state index contributed by atoms with van der Waals surface area (Å²) in [6.07, 6.45) is 39.1. The second kappa shape index (κ2) is 37.4. The minimum absolute atomic E-state index is 0.180. The van der Waals surface area contributed by atoms with E-state index in [1.807, 2.05) is 36.5 Å². The van der Waals surface area contributed by atoms with Gasteiger partial charge >= 0.3 is 11.9 Å². The summed E-state index contributed by atoms with van der Waals surface area (Å²) in [4.78, 5) is 25.3. The number of ether oxygens (including phenoxy) is 4. The number of allylic oxidation sites excluding steroid dienone is 12. The van der Waals surface area contributed by atoms with Crippen molar-refractivity contribution in [2.24, 2.45) is 0 Å². The predicted molar refractivity (Wildman–Crippen MR) is 228 cm³/mol. The lowest BCUT2D eigenvalue weighted by atomic mass is 9.99. The highest BCUT2D eigenvalue weighted by Crippen LogP contribution is 2.22. The Morgan fingerprint density at radius 3 is 1.60 bits per heavy atom.